The minimum Gasteiger partial charge on any atom is -0.409 e. The zero-order valence-corrected chi connectivity index (χ0v) is 12.3. The minimum atomic E-state index is -0.798. The lowest BCUT2D eigenvalue weighted by atomic mass is 9.83. The Morgan fingerprint density at radius 2 is 1.78 bits per heavy atom. The Hall–Kier alpha value is -1.26. The highest BCUT2D eigenvalue weighted by atomic mass is 16.4. The Morgan fingerprint density at radius 3 is 2.06 bits per heavy atom. The van der Waals surface area contributed by atoms with Crippen LogP contribution in [0.5, 0.6) is 0 Å². The van der Waals surface area contributed by atoms with E-state index < -0.39 is 5.54 Å². The Balaban J connectivity index is 5.02. The smallest absolute Gasteiger partial charge is 0.224 e. The minimum absolute atomic E-state index is 0.0320. The van der Waals surface area contributed by atoms with E-state index in [1.165, 1.54) is 0 Å². The molecule has 0 aromatic rings. The average Bonchev–Trinajstić information content (AvgIpc) is 2.26. The van der Waals surface area contributed by atoms with E-state index in [-0.39, 0.29) is 29.5 Å². The molecule has 0 bridgehead atoms. The van der Waals surface area contributed by atoms with Gasteiger partial charge in [0.1, 0.15) is 0 Å². The van der Waals surface area contributed by atoms with Gasteiger partial charge in [0.15, 0.2) is 5.84 Å². The quantitative estimate of drug-likeness (QED) is 0.294. The number of hydrogen-bond donors (Lipinski definition) is 3. The first-order chi connectivity index (χ1) is 8.19. The number of nitrogens with one attached hydrogen (secondary N) is 1. The molecule has 0 heterocycles. The van der Waals surface area contributed by atoms with E-state index in [2.05, 4.69) is 10.5 Å². The molecule has 0 spiro atoms. The van der Waals surface area contributed by atoms with Crippen molar-refractivity contribution in [3.8, 4) is 0 Å². The first-order valence-corrected chi connectivity index (χ1v) is 6.49. The fourth-order valence-corrected chi connectivity index (χ4v) is 2.17. The van der Waals surface area contributed by atoms with E-state index in [1.54, 1.807) is 6.92 Å². The number of carbonyl (C=O) groups excluding carboxylic acids is 1. The molecule has 0 rings (SSSR count). The van der Waals surface area contributed by atoms with Crippen LogP contribution >= 0.6 is 0 Å². The third-order valence-electron chi connectivity index (χ3n) is 3.52. The van der Waals surface area contributed by atoms with Gasteiger partial charge >= 0.3 is 0 Å². The van der Waals surface area contributed by atoms with Gasteiger partial charge in [-0.15, -0.1) is 0 Å². The van der Waals surface area contributed by atoms with Gasteiger partial charge in [0.05, 0.1) is 5.54 Å². The lowest BCUT2D eigenvalue weighted by Gasteiger charge is -2.32. The van der Waals surface area contributed by atoms with Crippen LogP contribution in [0.25, 0.3) is 0 Å². The predicted molar refractivity (Wildman–Crippen MR) is 73.4 cm³/mol. The fourth-order valence-electron chi connectivity index (χ4n) is 2.17. The molecule has 18 heavy (non-hydrogen) atoms. The molecule has 106 valence electrons. The van der Waals surface area contributed by atoms with Crippen LogP contribution in [0.4, 0.5) is 0 Å². The summed E-state index contributed by atoms with van der Waals surface area (Å²) in [4.78, 5) is 12.3. The van der Waals surface area contributed by atoms with Crippen molar-refractivity contribution in [1.82, 2.24) is 5.32 Å². The molecule has 0 aliphatic heterocycles. The molecule has 0 fully saturated rings. The Morgan fingerprint density at radius 1 is 1.33 bits per heavy atom. The maximum Gasteiger partial charge on any atom is 0.224 e. The monoisotopic (exact) mass is 257 g/mol. The van der Waals surface area contributed by atoms with E-state index in [1.807, 2.05) is 34.6 Å². The maximum atomic E-state index is 12.3. The molecule has 0 saturated carbocycles. The van der Waals surface area contributed by atoms with Crippen LogP contribution in [0.2, 0.25) is 0 Å². The van der Waals surface area contributed by atoms with Crippen LogP contribution < -0.4 is 11.1 Å². The van der Waals surface area contributed by atoms with Crippen LogP contribution in [0.1, 0.15) is 48.0 Å². The molecule has 0 aliphatic carbocycles. The third-order valence-corrected chi connectivity index (χ3v) is 3.52. The van der Waals surface area contributed by atoms with Gasteiger partial charge in [-0.25, -0.2) is 0 Å². The van der Waals surface area contributed by atoms with Crippen LogP contribution in [-0.2, 0) is 4.79 Å². The summed E-state index contributed by atoms with van der Waals surface area (Å²) in [5.41, 5.74) is 4.85. The van der Waals surface area contributed by atoms with Crippen molar-refractivity contribution in [1.29, 1.82) is 0 Å². The van der Waals surface area contributed by atoms with Crippen molar-refractivity contribution in [2.24, 2.45) is 28.6 Å². The summed E-state index contributed by atoms with van der Waals surface area (Å²) < 4.78 is 0. The van der Waals surface area contributed by atoms with Crippen LogP contribution in [-0.4, -0.2) is 22.5 Å². The van der Waals surface area contributed by atoms with E-state index in [0.29, 0.717) is 6.42 Å². The van der Waals surface area contributed by atoms with Crippen molar-refractivity contribution in [3.05, 3.63) is 0 Å². The third kappa shape index (κ3) is 3.89. The molecule has 0 aliphatic rings. The van der Waals surface area contributed by atoms with Gasteiger partial charge in [0.25, 0.3) is 0 Å². The van der Waals surface area contributed by atoms with Crippen molar-refractivity contribution in [2.75, 3.05) is 0 Å². The number of amidine groups is 1. The Kier molecular flexibility index (Phi) is 6.15. The largest absolute Gasteiger partial charge is 0.409 e. The number of amides is 1. The van der Waals surface area contributed by atoms with Gasteiger partial charge in [-0.3, -0.25) is 4.79 Å². The molecule has 0 aromatic heterocycles. The summed E-state index contributed by atoms with van der Waals surface area (Å²) in [5, 5.41) is 14.7. The normalized spacial score (nSPS) is 16.2. The predicted octanol–water partition coefficient (Wildman–Crippen LogP) is 1.95. The first kappa shape index (κ1) is 16.7. The molecule has 1 amide bonds. The zero-order valence-electron chi connectivity index (χ0n) is 12.3. The number of carbonyl (C=O) groups is 1. The van der Waals surface area contributed by atoms with Crippen LogP contribution in [0.15, 0.2) is 5.16 Å². The summed E-state index contributed by atoms with van der Waals surface area (Å²) >= 11 is 0. The van der Waals surface area contributed by atoms with Crippen LogP contribution in [0.3, 0.4) is 0 Å². The lowest BCUT2D eigenvalue weighted by molar-refractivity contribution is -0.129. The molecule has 5 heteroatoms. The SMILES string of the molecule is CCC(C)(NC(=O)C(C(C)C)C(C)C)C(N)=NO. The molecule has 0 saturated heterocycles. The highest BCUT2D eigenvalue weighted by Crippen LogP contribution is 2.22. The molecular formula is C13H27N3O2. The van der Waals surface area contributed by atoms with Crippen molar-refractivity contribution >= 4 is 11.7 Å². The first-order valence-electron chi connectivity index (χ1n) is 6.49. The maximum absolute atomic E-state index is 12.3. The number of nitrogens with zero attached hydrogens (tertiary/aromatic N) is 1. The second kappa shape index (κ2) is 6.61. The summed E-state index contributed by atoms with van der Waals surface area (Å²) in [7, 11) is 0. The Labute approximate surface area is 110 Å². The number of nitrogens with two attached hydrogens (primary N) is 1. The summed E-state index contributed by atoms with van der Waals surface area (Å²) in [6.07, 6.45) is 0.567. The van der Waals surface area contributed by atoms with Gasteiger partial charge in [-0.05, 0) is 25.2 Å². The van der Waals surface area contributed by atoms with E-state index in [0.717, 1.165) is 0 Å². The van der Waals surface area contributed by atoms with Crippen molar-refractivity contribution in [3.63, 3.8) is 0 Å². The number of oxime groups is 1. The standard InChI is InChI=1S/C13H27N3O2/c1-7-13(6,12(14)16-18)15-11(17)10(8(2)3)9(4)5/h8-10,18H,7H2,1-6H3,(H2,14,16)(H,15,17). The fraction of sp³-hybridized carbons (Fsp3) is 0.846. The van der Waals surface area contributed by atoms with Crippen molar-refractivity contribution < 1.29 is 10.0 Å². The second-order valence-electron chi connectivity index (χ2n) is 5.67. The van der Waals surface area contributed by atoms with Gasteiger partial charge in [0.2, 0.25) is 5.91 Å². The molecule has 0 radical (unpaired) electrons. The summed E-state index contributed by atoms with van der Waals surface area (Å²) in [6, 6.07) is 0. The summed E-state index contributed by atoms with van der Waals surface area (Å²) in [5.74, 6) is 0.403. The number of hydrogen-bond acceptors (Lipinski definition) is 3. The highest BCUT2D eigenvalue weighted by Gasteiger charge is 2.34. The van der Waals surface area contributed by atoms with Gasteiger partial charge in [-0.1, -0.05) is 39.8 Å². The van der Waals surface area contributed by atoms with E-state index >= 15 is 0 Å². The van der Waals surface area contributed by atoms with Crippen LogP contribution in [0, 0.1) is 17.8 Å². The topological polar surface area (TPSA) is 87.7 Å². The Bertz CT molecular complexity index is 305. The van der Waals surface area contributed by atoms with Gasteiger partial charge in [0, 0.05) is 5.92 Å². The molecule has 1 atom stereocenters. The molecule has 1 unspecified atom stereocenters. The van der Waals surface area contributed by atoms with Crippen molar-refractivity contribution in [2.45, 2.75) is 53.5 Å². The van der Waals surface area contributed by atoms with E-state index in [4.69, 9.17) is 10.9 Å². The lowest BCUT2D eigenvalue weighted by Crippen LogP contribution is -2.57. The molecule has 4 N–H and O–H groups in total. The highest BCUT2D eigenvalue weighted by molar-refractivity contribution is 5.94. The van der Waals surface area contributed by atoms with Gasteiger partial charge < -0.3 is 16.3 Å². The molecule has 5 nitrogen and oxygen atoms in total. The molecule has 0 aromatic carbocycles. The average molecular weight is 257 g/mol. The second-order valence-corrected chi connectivity index (χ2v) is 5.67. The molecular weight excluding hydrogens is 230 g/mol. The van der Waals surface area contributed by atoms with Gasteiger partial charge in [-0.2, -0.15) is 0 Å². The zero-order chi connectivity index (χ0) is 14.5. The summed E-state index contributed by atoms with van der Waals surface area (Å²) in [6.45, 7) is 11.7. The van der Waals surface area contributed by atoms with E-state index in [9.17, 15) is 4.79 Å². The number of rotatable bonds is 6.